The Morgan fingerprint density at radius 2 is 1.96 bits per heavy atom. The van der Waals surface area contributed by atoms with Crippen molar-refractivity contribution in [2.24, 2.45) is 0 Å². The highest BCUT2D eigenvalue weighted by molar-refractivity contribution is 6.30. The van der Waals surface area contributed by atoms with Gasteiger partial charge in [0.25, 0.3) is 11.5 Å². The summed E-state index contributed by atoms with van der Waals surface area (Å²) in [7, 11) is 1.56. The molecule has 2 aromatic rings. The Balaban J connectivity index is 2.47. The van der Waals surface area contributed by atoms with Crippen LogP contribution in [0.3, 0.4) is 0 Å². The van der Waals surface area contributed by atoms with E-state index in [-0.39, 0.29) is 12.2 Å². The fourth-order valence-electron chi connectivity index (χ4n) is 2.33. The molecule has 0 bridgehead atoms. The summed E-state index contributed by atoms with van der Waals surface area (Å²) in [5.41, 5.74) is -1.22. The monoisotopic (exact) mass is 380 g/mol. The molecule has 0 atom stereocenters. The van der Waals surface area contributed by atoms with Gasteiger partial charge >= 0.3 is 5.69 Å². The lowest BCUT2D eigenvalue weighted by atomic mass is 10.3. The van der Waals surface area contributed by atoms with E-state index in [2.05, 4.69) is 10.4 Å². The van der Waals surface area contributed by atoms with E-state index in [9.17, 15) is 14.4 Å². The van der Waals surface area contributed by atoms with Gasteiger partial charge in [0.15, 0.2) is 0 Å². The zero-order valence-corrected chi connectivity index (χ0v) is 15.5. The van der Waals surface area contributed by atoms with Crippen LogP contribution >= 0.6 is 11.6 Å². The average molecular weight is 381 g/mol. The standard InChI is InChI=1S/C17H21ClN4O4/c1-3-10-21-16(24)14(15(23)19-9-4-11-26-2)20-22(17(21)25)13-7-5-12(18)6-8-13/h5-8H,3-4,9-11H2,1-2H3,(H,19,23). The highest BCUT2D eigenvalue weighted by atomic mass is 35.5. The van der Waals surface area contributed by atoms with Crippen molar-refractivity contribution in [3.63, 3.8) is 0 Å². The fraction of sp³-hybridized carbons (Fsp3) is 0.412. The summed E-state index contributed by atoms with van der Waals surface area (Å²) in [5, 5.41) is 7.12. The minimum atomic E-state index is -0.702. The van der Waals surface area contributed by atoms with Crippen LogP contribution in [0, 0.1) is 0 Å². The van der Waals surface area contributed by atoms with E-state index in [1.807, 2.05) is 6.92 Å². The van der Waals surface area contributed by atoms with Crippen LogP contribution in [-0.4, -0.2) is 40.5 Å². The maximum absolute atomic E-state index is 12.6. The lowest BCUT2D eigenvalue weighted by Gasteiger charge is -2.11. The van der Waals surface area contributed by atoms with E-state index in [4.69, 9.17) is 16.3 Å². The molecule has 26 heavy (non-hydrogen) atoms. The van der Waals surface area contributed by atoms with Crippen LogP contribution in [0.2, 0.25) is 5.02 Å². The highest BCUT2D eigenvalue weighted by Gasteiger charge is 2.19. The van der Waals surface area contributed by atoms with E-state index in [0.717, 1.165) is 9.25 Å². The van der Waals surface area contributed by atoms with Crippen molar-refractivity contribution in [3.05, 3.63) is 55.8 Å². The molecule has 0 fully saturated rings. The van der Waals surface area contributed by atoms with Crippen LogP contribution in [0.25, 0.3) is 5.69 Å². The second-order valence-corrected chi connectivity index (χ2v) is 6.01. The van der Waals surface area contributed by atoms with Crippen molar-refractivity contribution in [2.45, 2.75) is 26.3 Å². The van der Waals surface area contributed by atoms with Crippen LogP contribution in [0.4, 0.5) is 0 Å². The summed E-state index contributed by atoms with van der Waals surface area (Å²) in [5.74, 6) is -0.626. The van der Waals surface area contributed by atoms with Crippen molar-refractivity contribution in [3.8, 4) is 5.69 Å². The van der Waals surface area contributed by atoms with Gasteiger partial charge in [0, 0.05) is 31.8 Å². The van der Waals surface area contributed by atoms with E-state index < -0.39 is 17.2 Å². The number of carbonyl (C=O) groups excluding carboxylic acids is 1. The molecule has 0 unspecified atom stereocenters. The molecule has 140 valence electrons. The summed E-state index contributed by atoms with van der Waals surface area (Å²) >= 11 is 5.87. The molecular formula is C17H21ClN4O4. The summed E-state index contributed by atoms with van der Waals surface area (Å²) < 4.78 is 6.98. The van der Waals surface area contributed by atoms with Crippen LogP contribution < -0.4 is 16.6 Å². The number of amides is 1. The third-order valence-corrected chi connectivity index (χ3v) is 3.86. The zero-order valence-electron chi connectivity index (χ0n) is 14.7. The number of rotatable bonds is 8. The lowest BCUT2D eigenvalue weighted by molar-refractivity contribution is 0.0938. The zero-order chi connectivity index (χ0) is 19.1. The molecule has 1 aromatic carbocycles. The number of hydrogen-bond acceptors (Lipinski definition) is 5. The molecule has 1 heterocycles. The fourth-order valence-corrected chi connectivity index (χ4v) is 2.46. The molecule has 0 aliphatic rings. The third kappa shape index (κ3) is 4.59. The van der Waals surface area contributed by atoms with E-state index >= 15 is 0 Å². The predicted octanol–water partition coefficient (Wildman–Crippen LogP) is 1.22. The Morgan fingerprint density at radius 3 is 2.58 bits per heavy atom. The second-order valence-electron chi connectivity index (χ2n) is 5.58. The van der Waals surface area contributed by atoms with Crippen molar-refractivity contribution in [1.82, 2.24) is 19.7 Å². The molecule has 0 spiro atoms. The third-order valence-electron chi connectivity index (χ3n) is 3.60. The first kappa shape index (κ1) is 19.9. The van der Waals surface area contributed by atoms with Gasteiger partial charge in [0.1, 0.15) is 0 Å². The molecule has 8 nitrogen and oxygen atoms in total. The predicted molar refractivity (Wildman–Crippen MR) is 98.2 cm³/mol. The summed E-state index contributed by atoms with van der Waals surface area (Å²) in [4.78, 5) is 37.5. The highest BCUT2D eigenvalue weighted by Crippen LogP contribution is 2.11. The van der Waals surface area contributed by atoms with Gasteiger partial charge < -0.3 is 10.1 Å². The Kier molecular flexibility index (Phi) is 7.11. The maximum Gasteiger partial charge on any atom is 0.352 e. The molecule has 1 amide bonds. The molecule has 0 saturated carbocycles. The van der Waals surface area contributed by atoms with Crippen molar-refractivity contribution >= 4 is 17.5 Å². The minimum Gasteiger partial charge on any atom is -0.385 e. The van der Waals surface area contributed by atoms with Gasteiger partial charge in [-0.2, -0.15) is 9.78 Å². The number of nitrogens with one attached hydrogen (secondary N) is 1. The van der Waals surface area contributed by atoms with Gasteiger partial charge in [0.05, 0.1) is 5.69 Å². The Morgan fingerprint density at radius 1 is 1.27 bits per heavy atom. The number of benzene rings is 1. The number of hydrogen-bond donors (Lipinski definition) is 1. The minimum absolute atomic E-state index is 0.192. The molecule has 0 saturated heterocycles. The van der Waals surface area contributed by atoms with Gasteiger partial charge in [-0.25, -0.2) is 4.79 Å². The van der Waals surface area contributed by atoms with Crippen molar-refractivity contribution in [1.29, 1.82) is 0 Å². The number of methoxy groups -OCH3 is 1. The smallest absolute Gasteiger partial charge is 0.352 e. The second kappa shape index (κ2) is 9.30. The SMILES string of the molecule is CCCn1c(=O)c(C(=O)NCCCOC)nn(-c2ccc(Cl)cc2)c1=O. The first-order valence-corrected chi connectivity index (χ1v) is 8.64. The summed E-state index contributed by atoms with van der Waals surface area (Å²) in [6.07, 6.45) is 1.16. The first-order chi connectivity index (χ1) is 12.5. The largest absolute Gasteiger partial charge is 0.385 e. The Labute approximate surface area is 155 Å². The van der Waals surface area contributed by atoms with Gasteiger partial charge in [-0.05, 0) is 37.1 Å². The molecule has 9 heteroatoms. The van der Waals surface area contributed by atoms with Crippen LogP contribution in [0.15, 0.2) is 33.9 Å². The Bertz CT molecular complexity index is 874. The van der Waals surface area contributed by atoms with Crippen LogP contribution in [-0.2, 0) is 11.3 Å². The maximum atomic E-state index is 12.6. The van der Waals surface area contributed by atoms with E-state index in [1.165, 1.54) is 0 Å². The van der Waals surface area contributed by atoms with Gasteiger partial charge in [-0.15, -0.1) is 0 Å². The lowest BCUT2D eigenvalue weighted by Crippen LogP contribution is -2.46. The number of aromatic nitrogens is 3. The number of ether oxygens (including phenoxy) is 1. The van der Waals surface area contributed by atoms with E-state index in [1.54, 1.807) is 31.4 Å². The molecule has 1 N–H and O–H groups in total. The molecule has 1 aromatic heterocycles. The Hall–Kier alpha value is -2.45. The normalized spacial score (nSPS) is 10.7. The van der Waals surface area contributed by atoms with E-state index in [0.29, 0.717) is 36.7 Å². The molecular weight excluding hydrogens is 360 g/mol. The van der Waals surface area contributed by atoms with Gasteiger partial charge in [-0.3, -0.25) is 14.2 Å². The average Bonchev–Trinajstić information content (AvgIpc) is 2.63. The van der Waals surface area contributed by atoms with Gasteiger partial charge in [0.2, 0.25) is 5.69 Å². The summed E-state index contributed by atoms with van der Waals surface area (Å²) in [6.45, 7) is 2.85. The number of nitrogens with zero attached hydrogens (tertiary/aromatic N) is 3. The quantitative estimate of drug-likeness (QED) is 0.695. The first-order valence-electron chi connectivity index (χ1n) is 8.26. The molecule has 2 rings (SSSR count). The van der Waals surface area contributed by atoms with Gasteiger partial charge in [-0.1, -0.05) is 18.5 Å². The topological polar surface area (TPSA) is 95.2 Å². The van der Waals surface area contributed by atoms with Crippen molar-refractivity contribution < 1.29 is 9.53 Å². The number of halogens is 1. The van der Waals surface area contributed by atoms with Crippen LogP contribution in [0.1, 0.15) is 30.3 Å². The molecule has 0 aliphatic heterocycles. The molecule has 0 radical (unpaired) electrons. The molecule has 0 aliphatic carbocycles. The number of carbonyl (C=O) groups is 1. The summed E-state index contributed by atoms with van der Waals surface area (Å²) in [6, 6.07) is 6.39. The van der Waals surface area contributed by atoms with Crippen molar-refractivity contribution in [2.75, 3.05) is 20.3 Å². The van der Waals surface area contributed by atoms with Crippen LogP contribution in [0.5, 0.6) is 0 Å².